The van der Waals surface area contributed by atoms with E-state index in [1.807, 2.05) is 0 Å². The fourth-order valence-corrected chi connectivity index (χ4v) is 2.40. The van der Waals surface area contributed by atoms with Crippen LogP contribution >= 0.6 is 0 Å². The molecule has 0 bridgehead atoms. The molecule has 4 nitrogen and oxygen atoms in total. The predicted octanol–water partition coefficient (Wildman–Crippen LogP) is 1.51. The number of carboxylic acids is 1. The highest BCUT2D eigenvalue weighted by Gasteiger charge is 2.15. The van der Waals surface area contributed by atoms with Gasteiger partial charge in [-0.25, -0.2) is 0 Å². The van der Waals surface area contributed by atoms with Crippen LogP contribution in [0.2, 0.25) is 0 Å². The Kier molecular flexibility index (Phi) is 6.52. The summed E-state index contributed by atoms with van der Waals surface area (Å²) in [5.41, 5.74) is 0. The van der Waals surface area contributed by atoms with Gasteiger partial charge in [-0.15, -0.1) is 0 Å². The van der Waals surface area contributed by atoms with Crippen LogP contribution in [0, 0.1) is 5.92 Å². The number of hydrogen-bond donors (Lipinski definition) is 1. The summed E-state index contributed by atoms with van der Waals surface area (Å²) in [6.07, 6.45) is 2.28. The smallest absolute Gasteiger partial charge is 0.303 e. The average molecular weight is 242 g/mol. The van der Waals surface area contributed by atoms with Gasteiger partial charge in [-0.3, -0.25) is 4.79 Å². The van der Waals surface area contributed by atoms with Crippen molar-refractivity contribution in [2.24, 2.45) is 5.92 Å². The van der Waals surface area contributed by atoms with Crippen LogP contribution in [0.25, 0.3) is 0 Å². The molecule has 0 spiro atoms. The van der Waals surface area contributed by atoms with Crippen molar-refractivity contribution in [1.29, 1.82) is 0 Å². The Balaban J connectivity index is 2.20. The van der Waals surface area contributed by atoms with Crippen molar-refractivity contribution in [3.8, 4) is 0 Å². The van der Waals surface area contributed by atoms with Gasteiger partial charge in [-0.1, -0.05) is 13.8 Å². The van der Waals surface area contributed by atoms with Gasteiger partial charge in [0.1, 0.15) is 0 Å². The van der Waals surface area contributed by atoms with Crippen LogP contribution < -0.4 is 0 Å². The molecule has 0 aromatic heterocycles. The van der Waals surface area contributed by atoms with Gasteiger partial charge in [0.05, 0.1) is 0 Å². The van der Waals surface area contributed by atoms with E-state index in [2.05, 4.69) is 23.6 Å². The van der Waals surface area contributed by atoms with E-state index in [1.54, 1.807) is 0 Å². The molecule has 100 valence electrons. The molecule has 0 aromatic rings. The average Bonchev–Trinajstić information content (AvgIpc) is 2.43. The molecule has 0 saturated carbocycles. The van der Waals surface area contributed by atoms with Gasteiger partial charge in [0, 0.05) is 26.1 Å². The van der Waals surface area contributed by atoms with E-state index in [1.165, 1.54) is 19.5 Å². The molecule has 17 heavy (non-hydrogen) atoms. The molecular weight excluding hydrogens is 216 g/mol. The lowest BCUT2D eigenvalue weighted by Gasteiger charge is -2.22. The molecular formula is C13H26N2O2. The normalized spacial score (nSPS) is 19.5. The van der Waals surface area contributed by atoms with E-state index in [9.17, 15) is 4.79 Å². The van der Waals surface area contributed by atoms with Crippen LogP contribution in [0.1, 0.15) is 33.1 Å². The molecule has 1 heterocycles. The van der Waals surface area contributed by atoms with Gasteiger partial charge in [-0.2, -0.15) is 0 Å². The molecule has 0 amide bonds. The zero-order valence-corrected chi connectivity index (χ0v) is 11.2. The Bertz CT molecular complexity index is 231. The van der Waals surface area contributed by atoms with E-state index < -0.39 is 5.97 Å². The van der Waals surface area contributed by atoms with Crippen molar-refractivity contribution < 1.29 is 9.90 Å². The van der Waals surface area contributed by atoms with Gasteiger partial charge in [0.2, 0.25) is 0 Å². The topological polar surface area (TPSA) is 43.8 Å². The van der Waals surface area contributed by atoms with Gasteiger partial charge in [0.25, 0.3) is 0 Å². The highest BCUT2D eigenvalue weighted by molar-refractivity contribution is 5.66. The molecule has 1 N–H and O–H groups in total. The van der Waals surface area contributed by atoms with Crippen molar-refractivity contribution in [3.63, 3.8) is 0 Å². The maximum atomic E-state index is 10.5. The molecule has 1 saturated heterocycles. The van der Waals surface area contributed by atoms with Crippen molar-refractivity contribution in [3.05, 3.63) is 0 Å². The second kappa shape index (κ2) is 7.67. The predicted molar refractivity (Wildman–Crippen MR) is 69.2 cm³/mol. The summed E-state index contributed by atoms with van der Waals surface area (Å²) in [5.74, 6) is 0.0508. The molecule has 1 fully saturated rings. The first kappa shape index (κ1) is 14.5. The largest absolute Gasteiger partial charge is 0.481 e. The third-order valence-corrected chi connectivity index (χ3v) is 3.17. The summed E-state index contributed by atoms with van der Waals surface area (Å²) in [6, 6.07) is 0. The van der Waals surface area contributed by atoms with Crippen molar-refractivity contribution >= 4 is 5.97 Å². The van der Waals surface area contributed by atoms with Gasteiger partial charge < -0.3 is 14.9 Å². The number of aliphatic carboxylic acids is 1. The Labute approximate surface area is 105 Å². The van der Waals surface area contributed by atoms with Crippen LogP contribution in [-0.4, -0.2) is 60.1 Å². The third kappa shape index (κ3) is 6.64. The summed E-state index contributed by atoms with van der Waals surface area (Å²) in [5, 5.41) is 8.61. The summed E-state index contributed by atoms with van der Waals surface area (Å²) in [7, 11) is 0. The van der Waals surface area contributed by atoms with Crippen molar-refractivity contribution in [1.82, 2.24) is 9.80 Å². The molecule has 1 aliphatic heterocycles. The first-order valence-corrected chi connectivity index (χ1v) is 6.74. The number of rotatable bonds is 6. The molecule has 0 aliphatic carbocycles. The summed E-state index contributed by atoms with van der Waals surface area (Å²) >= 11 is 0. The standard InChI is InChI=1S/C13H26N2O2/c1-12(2)11-15-8-4-7-14(9-10-15)6-3-5-13(16)17/h12H,3-11H2,1-2H3,(H,16,17). The number of carbonyl (C=O) groups is 1. The van der Waals surface area contributed by atoms with Crippen LogP contribution in [-0.2, 0) is 4.79 Å². The molecule has 1 rings (SSSR count). The quantitative estimate of drug-likeness (QED) is 0.767. The van der Waals surface area contributed by atoms with Crippen LogP contribution in [0.5, 0.6) is 0 Å². The summed E-state index contributed by atoms with van der Waals surface area (Å²) in [4.78, 5) is 15.4. The lowest BCUT2D eigenvalue weighted by atomic mass is 10.2. The lowest BCUT2D eigenvalue weighted by Crippen LogP contribution is -2.33. The molecule has 0 radical (unpaired) electrons. The fourth-order valence-electron chi connectivity index (χ4n) is 2.40. The van der Waals surface area contributed by atoms with Gasteiger partial charge in [0.15, 0.2) is 0 Å². The van der Waals surface area contributed by atoms with Gasteiger partial charge >= 0.3 is 5.97 Å². The van der Waals surface area contributed by atoms with E-state index in [4.69, 9.17) is 5.11 Å². The second-order valence-corrected chi connectivity index (χ2v) is 5.39. The fraction of sp³-hybridized carbons (Fsp3) is 0.923. The molecule has 0 unspecified atom stereocenters. The summed E-state index contributed by atoms with van der Waals surface area (Å²) in [6.45, 7) is 11.2. The maximum absolute atomic E-state index is 10.5. The molecule has 1 aliphatic rings. The first-order valence-electron chi connectivity index (χ1n) is 6.74. The minimum Gasteiger partial charge on any atom is -0.481 e. The summed E-state index contributed by atoms with van der Waals surface area (Å²) < 4.78 is 0. The highest BCUT2D eigenvalue weighted by Crippen LogP contribution is 2.07. The molecule has 4 heteroatoms. The Morgan fingerprint density at radius 1 is 1.18 bits per heavy atom. The third-order valence-electron chi connectivity index (χ3n) is 3.17. The monoisotopic (exact) mass is 242 g/mol. The van der Waals surface area contributed by atoms with Crippen molar-refractivity contribution in [2.75, 3.05) is 39.3 Å². The van der Waals surface area contributed by atoms with Crippen LogP contribution in [0.3, 0.4) is 0 Å². The van der Waals surface area contributed by atoms with E-state index in [0.29, 0.717) is 6.42 Å². The zero-order chi connectivity index (χ0) is 12.7. The Morgan fingerprint density at radius 2 is 1.82 bits per heavy atom. The minimum atomic E-state index is -0.679. The number of nitrogens with zero attached hydrogens (tertiary/aromatic N) is 2. The number of carboxylic acid groups (broad SMARTS) is 1. The Morgan fingerprint density at radius 3 is 2.47 bits per heavy atom. The van der Waals surface area contributed by atoms with Crippen LogP contribution in [0.15, 0.2) is 0 Å². The van der Waals surface area contributed by atoms with Gasteiger partial charge in [-0.05, 0) is 38.4 Å². The number of hydrogen-bond acceptors (Lipinski definition) is 3. The van der Waals surface area contributed by atoms with E-state index >= 15 is 0 Å². The Hall–Kier alpha value is -0.610. The molecule has 0 atom stereocenters. The van der Waals surface area contributed by atoms with Crippen LogP contribution in [0.4, 0.5) is 0 Å². The van der Waals surface area contributed by atoms with E-state index in [0.717, 1.165) is 38.5 Å². The second-order valence-electron chi connectivity index (χ2n) is 5.39. The zero-order valence-electron chi connectivity index (χ0n) is 11.2. The minimum absolute atomic E-state index is 0.298. The van der Waals surface area contributed by atoms with E-state index in [-0.39, 0.29) is 0 Å². The maximum Gasteiger partial charge on any atom is 0.303 e. The highest BCUT2D eigenvalue weighted by atomic mass is 16.4. The molecule has 0 aromatic carbocycles. The SMILES string of the molecule is CC(C)CN1CCCN(CCCC(=O)O)CC1. The lowest BCUT2D eigenvalue weighted by molar-refractivity contribution is -0.137. The first-order chi connectivity index (χ1) is 8.08. The van der Waals surface area contributed by atoms with Crippen molar-refractivity contribution in [2.45, 2.75) is 33.1 Å².